The number of hydrogen-bond donors (Lipinski definition) is 2. The molecule has 1 aliphatic rings. The van der Waals surface area contributed by atoms with Gasteiger partial charge >= 0.3 is 0 Å². The maximum atomic E-state index is 13.0. The molecule has 0 aromatic heterocycles. The van der Waals surface area contributed by atoms with E-state index in [1.807, 2.05) is 67.6 Å². The Labute approximate surface area is 164 Å². The summed E-state index contributed by atoms with van der Waals surface area (Å²) in [6.45, 7) is 2.04. The van der Waals surface area contributed by atoms with Crippen LogP contribution in [-0.2, 0) is 11.2 Å². The topological polar surface area (TPSA) is 58.2 Å². The van der Waals surface area contributed by atoms with Gasteiger partial charge in [0.05, 0.1) is 0 Å². The minimum absolute atomic E-state index is 0.0204. The lowest BCUT2D eigenvalue weighted by molar-refractivity contribution is -0.116. The molecule has 0 aliphatic carbocycles. The van der Waals surface area contributed by atoms with E-state index in [1.165, 1.54) is 0 Å². The second-order valence-corrected chi connectivity index (χ2v) is 7.14. The predicted molar refractivity (Wildman–Crippen MR) is 113 cm³/mol. The lowest BCUT2D eigenvalue weighted by Gasteiger charge is -2.13. The number of benzene rings is 3. The van der Waals surface area contributed by atoms with Gasteiger partial charge in [-0.3, -0.25) is 9.59 Å². The number of fused-ring (bicyclic) bond motifs is 1. The smallest absolute Gasteiger partial charge is 0.256 e. The lowest BCUT2D eigenvalue weighted by atomic mass is 9.98. The van der Waals surface area contributed by atoms with Gasteiger partial charge in [0, 0.05) is 23.4 Å². The standard InChI is InChI=1S/C24H22N2O2/c1-16-6-4-8-18(14-16)20-9-2-3-10-21(20)24(28)25-19-13-12-17-7-5-11-23(27)26-22(17)15-19/h2-4,6,8-10,12-15H,5,7,11H2,1H3,(H,25,28)(H,26,27). The fraction of sp³-hybridized carbons (Fsp3) is 0.167. The molecular weight excluding hydrogens is 348 g/mol. The quantitative estimate of drug-likeness (QED) is 0.667. The minimum atomic E-state index is -0.169. The van der Waals surface area contributed by atoms with Crippen LogP contribution in [0.25, 0.3) is 11.1 Å². The number of amides is 2. The fourth-order valence-corrected chi connectivity index (χ4v) is 3.58. The molecule has 28 heavy (non-hydrogen) atoms. The van der Waals surface area contributed by atoms with Gasteiger partial charge in [0.1, 0.15) is 0 Å². The molecular formula is C24H22N2O2. The first kappa shape index (κ1) is 18.0. The molecule has 4 heteroatoms. The maximum absolute atomic E-state index is 13.0. The average Bonchev–Trinajstić information content (AvgIpc) is 2.88. The van der Waals surface area contributed by atoms with Crippen LogP contribution in [0.1, 0.15) is 34.3 Å². The third-order valence-corrected chi connectivity index (χ3v) is 4.99. The third kappa shape index (κ3) is 3.81. The highest BCUT2D eigenvalue weighted by Crippen LogP contribution is 2.28. The maximum Gasteiger partial charge on any atom is 0.256 e. The molecule has 0 saturated carbocycles. The van der Waals surface area contributed by atoms with Crippen molar-refractivity contribution >= 4 is 23.2 Å². The number of aryl methyl sites for hydroxylation is 2. The summed E-state index contributed by atoms with van der Waals surface area (Å²) in [5.41, 5.74) is 6.23. The van der Waals surface area contributed by atoms with Crippen LogP contribution in [0.3, 0.4) is 0 Å². The van der Waals surface area contributed by atoms with Crippen molar-refractivity contribution in [2.45, 2.75) is 26.2 Å². The average molecular weight is 370 g/mol. The molecule has 1 heterocycles. The number of nitrogens with one attached hydrogen (secondary N) is 2. The molecule has 140 valence electrons. The van der Waals surface area contributed by atoms with E-state index in [0.717, 1.165) is 40.8 Å². The zero-order valence-corrected chi connectivity index (χ0v) is 15.8. The Morgan fingerprint density at radius 3 is 2.68 bits per heavy atom. The van der Waals surface area contributed by atoms with E-state index in [4.69, 9.17) is 0 Å². The van der Waals surface area contributed by atoms with Gasteiger partial charge in [-0.15, -0.1) is 0 Å². The Balaban J connectivity index is 1.62. The molecule has 0 atom stereocenters. The highest BCUT2D eigenvalue weighted by molar-refractivity contribution is 6.09. The molecule has 4 nitrogen and oxygen atoms in total. The van der Waals surface area contributed by atoms with Gasteiger partial charge in [-0.1, -0.05) is 54.1 Å². The molecule has 0 bridgehead atoms. The van der Waals surface area contributed by atoms with E-state index in [1.54, 1.807) is 0 Å². The number of rotatable bonds is 3. The van der Waals surface area contributed by atoms with Crippen LogP contribution >= 0.6 is 0 Å². The van der Waals surface area contributed by atoms with Crippen LogP contribution < -0.4 is 10.6 Å². The molecule has 2 amide bonds. The molecule has 1 aliphatic heterocycles. The summed E-state index contributed by atoms with van der Waals surface area (Å²) in [5, 5.41) is 5.91. The highest BCUT2D eigenvalue weighted by Gasteiger charge is 2.16. The first-order valence-corrected chi connectivity index (χ1v) is 9.50. The Bertz CT molecular complexity index is 1060. The summed E-state index contributed by atoms with van der Waals surface area (Å²) >= 11 is 0. The van der Waals surface area contributed by atoms with Crippen molar-refractivity contribution in [2.24, 2.45) is 0 Å². The summed E-state index contributed by atoms with van der Waals surface area (Å²) in [5.74, 6) is -0.149. The second-order valence-electron chi connectivity index (χ2n) is 7.14. The first-order valence-electron chi connectivity index (χ1n) is 9.50. The summed E-state index contributed by atoms with van der Waals surface area (Å²) < 4.78 is 0. The molecule has 0 spiro atoms. The fourth-order valence-electron chi connectivity index (χ4n) is 3.58. The Morgan fingerprint density at radius 1 is 0.964 bits per heavy atom. The monoisotopic (exact) mass is 370 g/mol. The van der Waals surface area contributed by atoms with Crippen molar-refractivity contribution in [1.29, 1.82) is 0 Å². The first-order chi connectivity index (χ1) is 13.6. The van der Waals surface area contributed by atoms with Crippen LogP contribution in [0, 0.1) is 6.92 Å². The number of carbonyl (C=O) groups is 2. The van der Waals surface area contributed by atoms with E-state index >= 15 is 0 Å². The van der Waals surface area contributed by atoms with Crippen molar-refractivity contribution in [2.75, 3.05) is 10.6 Å². The molecule has 0 unspecified atom stereocenters. The minimum Gasteiger partial charge on any atom is -0.326 e. The van der Waals surface area contributed by atoms with E-state index in [2.05, 4.69) is 16.7 Å². The Morgan fingerprint density at radius 2 is 1.82 bits per heavy atom. The number of carbonyl (C=O) groups excluding carboxylic acids is 2. The van der Waals surface area contributed by atoms with Gasteiger partial charge in [-0.2, -0.15) is 0 Å². The summed E-state index contributed by atoms with van der Waals surface area (Å²) in [4.78, 5) is 24.8. The summed E-state index contributed by atoms with van der Waals surface area (Å²) in [7, 11) is 0. The van der Waals surface area contributed by atoms with Gasteiger partial charge < -0.3 is 10.6 Å². The summed E-state index contributed by atoms with van der Waals surface area (Å²) in [6, 6.07) is 21.4. The molecule has 3 aromatic rings. The van der Waals surface area contributed by atoms with Crippen LogP contribution in [-0.4, -0.2) is 11.8 Å². The van der Waals surface area contributed by atoms with Crippen LogP contribution in [0.4, 0.5) is 11.4 Å². The van der Waals surface area contributed by atoms with E-state index in [0.29, 0.717) is 17.7 Å². The van der Waals surface area contributed by atoms with Crippen LogP contribution in [0.15, 0.2) is 66.7 Å². The van der Waals surface area contributed by atoms with E-state index in [-0.39, 0.29) is 11.8 Å². The molecule has 3 aromatic carbocycles. The number of hydrogen-bond acceptors (Lipinski definition) is 2. The van der Waals surface area contributed by atoms with Gasteiger partial charge in [0.15, 0.2) is 0 Å². The van der Waals surface area contributed by atoms with Gasteiger partial charge in [0.2, 0.25) is 5.91 Å². The van der Waals surface area contributed by atoms with E-state index < -0.39 is 0 Å². The number of anilines is 2. The predicted octanol–water partition coefficient (Wildman–Crippen LogP) is 5.19. The molecule has 0 radical (unpaired) electrons. The zero-order chi connectivity index (χ0) is 19.5. The van der Waals surface area contributed by atoms with Crippen LogP contribution in [0.2, 0.25) is 0 Å². The van der Waals surface area contributed by atoms with Crippen molar-refractivity contribution in [3.8, 4) is 11.1 Å². The van der Waals surface area contributed by atoms with Crippen LogP contribution in [0.5, 0.6) is 0 Å². The Hall–Kier alpha value is -3.40. The third-order valence-electron chi connectivity index (χ3n) is 4.99. The normalized spacial score (nSPS) is 13.2. The zero-order valence-electron chi connectivity index (χ0n) is 15.8. The second kappa shape index (κ2) is 7.69. The largest absolute Gasteiger partial charge is 0.326 e. The van der Waals surface area contributed by atoms with Gasteiger partial charge in [0.25, 0.3) is 5.91 Å². The van der Waals surface area contributed by atoms with E-state index in [9.17, 15) is 9.59 Å². The summed E-state index contributed by atoms with van der Waals surface area (Å²) in [6.07, 6.45) is 2.23. The molecule has 0 saturated heterocycles. The van der Waals surface area contributed by atoms with Gasteiger partial charge in [-0.05, 0) is 54.7 Å². The lowest BCUT2D eigenvalue weighted by Crippen LogP contribution is -2.14. The molecule has 2 N–H and O–H groups in total. The Kier molecular flexibility index (Phi) is 4.94. The van der Waals surface area contributed by atoms with Gasteiger partial charge in [-0.25, -0.2) is 0 Å². The highest BCUT2D eigenvalue weighted by atomic mass is 16.2. The van der Waals surface area contributed by atoms with Crippen molar-refractivity contribution in [3.05, 3.63) is 83.4 Å². The van der Waals surface area contributed by atoms with Crippen molar-refractivity contribution in [1.82, 2.24) is 0 Å². The SMILES string of the molecule is Cc1cccc(-c2ccccc2C(=O)Nc2ccc3c(c2)NC(=O)CCC3)c1. The molecule has 0 fully saturated rings. The van der Waals surface area contributed by atoms with Crippen molar-refractivity contribution in [3.63, 3.8) is 0 Å². The molecule has 4 rings (SSSR count). The van der Waals surface area contributed by atoms with Crippen molar-refractivity contribution < 1.29 is 9.59 Å².